The molecule has 3 rings (SSSR count). The average molecular weight is 218 g/mol. The van der Waals surface area contributed by atoms with Crippen molar-refractivity contribution in [3.05, 3.63) is 24.3 Å². The van der Waals surface area contributed by atoms with Gasteiger partial charge >= 0.3 is 5.97 Å². The van der Waals surface area contributed by atoms with Crippen molar-refractivity contribution in [1.82, 2.24) is 19.6 Å². The summed E-state index contributed by atoms with van der Waals surface area (Å²) in [5.74, 6) is -0.288. The summed E-state index contributed by atoms with van der Waals surface area (Å²) in [7, 11) is 0. The smallest absolute Gasteiger partial charge is 0.314 e. The lowest BCUT2D eigenvalue weighted by Crippen LogP contribution is -2.42. The maximum atomic E-state index is 11.3. The Morgan fingerprint density at radius 3 is 2.88 bits per heavy atom. The molecule has 0 radical (unpaired) electrons. The van der Waals surface area contributed by atoms with Crippen molar-refractivity contribution in [3.63, 3.8) is 0 Å². The van der Waals surface area contributed by atoms with E-state index in [-0.39, 0.29) is 0 Å². The molecule has 1 N–H and O–H groups in total. The molecule has 6 heteroatoms. The molecule has 0 aliphatic heterocycles. The number of hydrogen-bond donors (Lipinski definition) is 1. The molecule has 16 heavy (non-hydrogen) atoms. The minimum atomic E-state index is -0.778. The predicted octanol–water partition coefficient (Wildman–Crippen LogP) is 0.631. The van der Waals surface area contributed by atoms with Gasteiger partial charge in [0.05, 0.1) is 5.41 Å². The maximum absolute atomic E-state index is 11.3. The van der Waals surface area contributed by atoms with Crippen LogP contribution in [0.4, 0.5) is 0 Å². The minimum absolute atomic E-state index is 0.489. The number of carboxylic acid groups (broad SMARTS) is 1. The Labute approximate surface area is 91.0 Å². The zero-order chi connectivity index (χ0) is 11.2. The lowest BCUT2D eigenvalue weighted by Gasteiger charge is -2.37. The van der Waals surface area contributed by atoms with E-state index in [2.05, 4.69) is 15.1 Å². The first-order valence-electron chi connectivity index (χ1n) is 5.12. The van der Waals surface area contributed by atoms with E-state index in [4.69, 9.17) is 0 Å². The number of aliphatic carboxylic acids is 1. The van der Waals surface area contributed by atoms with Gasteiger partial charge in [-0.05, 0) is 12.8 Å². The number of nitrogens with zero attached hydrogens (tertiary/aromatic N) is 4. The number of rotatable bonds is 2. The van der Waals surface area contributed by atoms with Gasteiger partial charge in [-0.1, -0.05) is 6.42 Å². The molecule has 1 saturated carbocycles. The molecular formula is C10H10N4O2. The van der Waals surface area contributed by atoms with E-state index in [0.29, 0.717) is 24.2 Å². The Morgan fingerprint density at radius 2 is 2.25 bits per heavy atom. The first-order valence-corrected chi connectivity index (χ1v) is 5.12. The monoisotopic (exact) mass is 218 g/mol. The zero-order valence-electron chi connectivity index (χ0n) is 8.50. The molecule has 2 aromatic heterocycles. The summed E-state index contributed by atoms with van der Waals surface area (Å²) in [4.78, 5) is 19.3. The third kappa shape index (κ3) is 1.07. The van der Waals surface area contributed by atoms with E-state index < -0.39 is 11.4 Å². The van der Waals surface area contributed by atoms with Crippen LogP contribution in [0.3, 0.4) is 0 Å². The van der Waals surface area contributed by atoms with E-state index in [9.17, 15) is 9.90 Å². The number of carbonyl (C=O) groups is 1. The Kier molecular flexibility index (Phi) is 1.74. The lowest BCUT2D eigenvalue weighted by molar-refractivity contribution is -0.147. The second kappa shape index (κ2) is 3.01. The van der Waals surface area contributed by atoms with Crippen LogP contribution in [-0.4, -0.2) is 30.7 Å². The molecule has 6 nitrogen and oxygen atoms in total. The van der Waals surface area contributed by atoms with Crippen molar-refractivity contribution in [2.75, 3.05) is 0 Å². The maximum Gasteiger partial charge on any atom is 0.314 e. The molecular weight excluding hydrogens is 208 g/mol. The lowest BCUT2D eigenvalue weighted by atomic mass is 9.65. The van der Waals surface area contributed by atoms with Crippen LogP contribution in [0.2, 0.25) is 0 Å². The largest absolute Gasteiger partial charge is 0.481 e. The summed E-state index contributed by atoms with van der Waals surface area (Å²) in [6.07, 6.45) is 7.00. The fraction of sp³-hybridized carbons (Fsp3) is 0.400. The van der Waals surface area contributed by atoms with Crippen molar-refractivity contribution in [2.45, 2.75) is 24.7 Å². The van der Waals surface area contributed by atoms with Gasteiger partial charge in [-0.25, -0.2) is 9.50 Å². The van der Waals surface area contributed by atoms with Gasteiger partial charge in [0.25, 0.3) is 5.78 Å². The minimum Gasteiger partial charge on any atom is -0.481 e. The molecule has 0 spiro atoms. The highest BCUT2D eigenvalue weighted by Crippen LogP contribution is 2.43. The van der Waals surface area contributed by atoms with Crippen molar-refractivity contribution < 1.29 is 9.90 Å². The average Bonchev–Trinajstić information content (AvgIpc) is 2.62. The summed E-state index contributed by atoms with van der Waals surface area (Å²) >= 11 is 0. The molecule has 82 valence electrons. The molecule has 0 amide bonds. The predicted molar refractivity (Wildman–Crippen MR) is 53.9 cm³/mol. The summed E-state index contributed by atoms with van der Waals surface area (Å²) in [5, 5.41) is 13.2. The van der Waals surface area contributed by atoms with Gasteiger partial charge in [0, 0.05) is 18.0 Å². The molecule has 0 bridgehead atoms. The topological polar surface area (TPSA) is 80.4 Å². The van der Waals surface area contributed by atoms with E-state index in [1.54, 1.807) is 12.4 Å². The third-order valence-corrected chi connectivity index (χ3v) is 3.30. The van der Waals surface area contributed by atoms with E-state index in [1.165, 1.54) is 10.8 Å². The zero-order valence-corrected chi connectivity index (χ0v) is 8.50. The fourth-order valence-corrected chi connectivity index (χ4v) is 2.12. The standard InChI is InChI=1S/C10H10N4O2/c15-8(16)10(2-1-3-10)7-4-11-9-12-6-13-14(9)5-7/h4-6H,1-3H2,(H,15,16). The van der Waals surface area contributed by atoms with Crippen LogP contribution >= 0.6 is 0 Å². The van der Waals surface area contributed by atoms with Crippen LogP contribution < -0.4 is 0 Å². The van der Waals surface area contributed by atoms with Gasteiger partial charge in [0.1, 0.15) is 6.33 Å². The summed E-state index contributed by atoms with van der Waals surface area (Å²) in [6, 6.07) is 0. The molecule has 0 atom stereocenters. The van der Waals surface area contributed by atoms with Crippen molar-refractivity contribution >= 4 is 11.7 Å². The second-order valence-corrected chi connectivity index (χ2v) is 4.09. The summed E-state index contributed by atoms with van der Waals surface area (Å²) in [6.45, 7) is 0. The van der Waals surface area contributed by atoms with E-state index >= 15 is 0 Å². The van der Waals surface area contributed by atoms with Crippen LogP contribution in [0.5, 0.6) is 0 Å². The van der Waals surface area contributed by atoms with E-state index in [1.807, 2.05) is 0 Å². The van der Waals surface area contributed by atoms with Crippen LogP contribution in [0.15, 0.2) is 18.7 Å². The summed E-state index contributed by atoms with van der Waals surface area (Å²) < 4.78 is 1.51. The quantitative estimate of drug-likeness (QED) is 0.799. The van der Waals surface area contributed by atoms with Crippen molar-refractivity contribution in [1.29, 1.82) is 0 Å². The molecule has 0 unspecified atom stereocenters. The molecule has 0 saturated heterocycles. The van der Waals surface area contributed by atoms with Gasteiger partial charge in [0.15, 0.2) is 0 Å². The van der Waals surface area contributed by atoms with Crippen molar-refractivity contribution in [2.24, 2.45) is 0 Å². The first kappa shape index (κ1) is 9.26. The van der Waals surface area contributed by atoms with Crippen molar-refractivity contribution in [3.8, 4) is 0 Å². The third-order valence-electron chi connectivity index (χ3n) is 3.30. The number of fused-ring (bicyclic) bond motifs is 1. The molecule has 1 aliphatic carbocycles. The SMILES string of the molecule is O=C(O)C1(c2cnc3ncnn3c2)CCC1. The number of hydrogen-bond acceptors (Lipinski definition) is 4. The Bertz CT molecular complexity index is 559. The number of aromatic nitrogens is 4. The Morgan fingerprint density at radius 1 is 1.44 bits per heavy atom. The molecule has 1 fully saturated rings. The van der Waals surface area contributed by atoms with Crippen LogP contribution in [0, 0.1) is 0 Å². The van der Waals surface area contributed by atoms with Crippen LogP contribution in [0.25, 0.3) is 5.78 Å². The Balaban J connectivity index is 2.14. The highest BCUT2D eigenvalue weighted by atomic mass is 16.4. The van der Waals surface area contributed by atoms with Gasteiger partial charge in [-0.2, -0.15) is 10.1 Å². The molecule has 2 heterocycles. The number of carboxylic acids is 1. The van der Waals surface area contributed by atoms with Gasteiger partial charge < -0.3 is 5.11 Å². The van der Waals surface area contributed by atoms with Gasteiger partial charge in [-0.3, -0.25) is 4.79 Å². The molecule has 2 aromatic rings. The van der Waals surface area contributed by atoms with Crippen LogP contribution in [-0.2, 0) is 10.2 Å². The highest BCUT2D eigenvalue weighted by molar-refractivity contribution is 5.82. The van der Waals surface area contributed by atoms with E-state index in [0.717, 1.165) is 6.42 Å². The second-order valence-electron chi connectivity index (χ2n) is 4.09. The first-order chi connectivity index (χ1) is 7.72. The Hall–Kier alpha value is -1.98. The highest BCUT2D eigenvalue weighted by Gasteiger charge is 2.46. The molecule has 0 aromatic carbocycles. The molecule has 1 aliphatic rings. The van der Waals surface area contributed by atoms with Gasteiger partial charge in [-0.15, -0.1) is 0 Å². The van der Waals surface area contributed by atoms with Crippen LogP contribution in [0.1, 0.15) is 24.8 Å². The fourth-order valence-electron chi connectivity index (χ4n) is 2.12. The normalized spacial score (nSPS) is 18.2. The summed E-state index contributed by atoms with van der Waals surface area (Å²) in [5.41, 5.74) is -0.0445. The van der Waals surface area contributed by atoms with Gasteiger partial charge in [0.2, 0.25) is 0 Å².